The standard InChI is InChI=1S/C20H20N8O/c1-14-9-28-13-22-25-19(28)18(23-14)26-8-7-15(10-26)24-20(29)17-11-27(12-21-17)16-5-3-2-4-6-16/h2-6,9,11-13,15H,7-8,10H2,1H3,(H,24,29)/t15-/m0/s1. The highest BCUT2D eigenvalue weighted by Crippen LogP contribution is 2.22. The maximum Gasteiger partial charge on any atom is 0.271 e. The summed E-state index contributed by atoms with van der Waals surface area (Å²) in [6.07, 6.45) is 7.81. The van der Waals surface area contributed by atoms with Crippen molar-refractivity contribution >= 4 is 17.4 Å². The number of fused-ring (bicyclic) bond motifs is 1. The molecule has 0 radical (unpaired) electrons. The fraction of sp³-hybridized carbons (Fsp3) is 0.250. The molecule has 1 N–H and O–H groups in total. The van der Waals surface area contributed by atoms with Gasteiger partial charge in [-0.15, -0.1) is 10.2 Å². The number of aryl methyl sites for hydroxylation is 1. The van der Waals surface area contributed by atoms with E-state index in [2.05, 4.69) is 30.4 Å². The minimum atomic E-state index is -0.170. The van der Waals surface area contributed by atoms with Crippen LogP contribution in [0.5, 0.6) is 0 Å². The lowest BCUT2D eigenvalue weighted by atomic mass is 10.2. The molecule has 9 nitrogen and oxygen atoms in total. The molecule has 4 heterocycles. The number of benzene rings is 1. The summed E-state index contributed by atoms with van der Waals surface area (Å²) < 4.78 is 3.72. The fourth-order valence-corrected chi connectivity index (χ4v) is 3.67. The van der Waals surface area contributed by atoms with Crippen LogP contribution in [-0.4, -0.2) is 54.2 Å². The number of hydrogen-bond acceptors (Lipinski definition) is 6. The maximum atomic E-state index is 12.7. The minimum absolute atomic E-state index is 0.0228. The summed E-state index contributed by atoms with van der Waals surface area (Å²) in [5, 5.41) is 11.2. The van der Waals surface area contributed by atoms with Gasteiger partial charge in [0.1, 0.15) is 18.3 Å². The van der Waals surface area contributed by atoms with E-state index in [1.54, 1.807) is 18.9 Å². The summed E-state index contributed by atoms with van der Waals surface area (Å²) in [5.74, 6) is 0.629. The third-order valence-electron chi connectivity index (χ3n) is 5.07. The van der Waals surface area contributed by atoms with Crippen molar-refractivity contribution in [3.63, 3.8) is 0 Å². The third-order valence-corrected chi connectivity index (χ3v) is 5.07. The van der Waals surface area contributed by atoms with Gasteiger partial charge in [0.25, 0.3) is 5.91 Å². The van der Waals surface area contributed by atoms with Crippen molar-refractivity contribution in [1.82, 2.24) is 34.4 Å². The molecule has 29 heavy (non-hydrogen) atoms. The quantitative estimate of drug-likeness (QED) is 0.571. The second-order valence-electron chi connectivity index (χ2n) is 7.17. The Balaban J connectivity index is 1.28. The van der Waals surface area contributed by atoms with Gasteiger partial charge < -0.3 is 14.8 Å². The monoisotopic (exact) mass is 388 g/mol. The van der Waals surface area contributed by atoms with Crippen molar-refractivity contribution in [2.24, 2.45) is 0 Å². The molecule has 4 aromatic rings. The highest BCUT2D eigenvalue weighted by Gasteiger charge is 2.27. The van der Waals surface area contributed by atoms with Crippen LogP contribution in [0, 0.1) is 6.92 Å². The SMILES string of the molecule is Cc1cn2cnnc2c(N2CC[C@H](NC(=O)c3cn(-c4ccccc4)cn3)C2)n1. The Hall–Kier alpha value is -3.75. The van der Waals surface area contributed by atoms with Crippen LogP contribution in [0.3, 0.4) is 0 Å². The number of carbonyl (C=O) groups is 1. The van der Waals surface area contributed by atoms with Crippen LogP contribution in [0.1, 0.15) is 22.6 Å². The first-order valence-electron chi connectivity index (χ1n) is 9.49. The van der Waals surface area contributed by atoms with Gasteiger partial charge in [-0.3, -0.25) is 9.20 Å². The Morgan fingerprint density at radius 1 is 1.17 bits per heavy atom. The van der Waals surface area contributed by atoms with E-state index >= 15 is 0 Å². The number of aromatic nitrogens is 6. The second kappa shape index (κ2) is 7.01. The van der Waals surface area contributed by atoms with Crippen LogP contribution in [0.4, 0.5) is 5.82 Å². The summed E-state index contributed by atoms with van der Waals surface area (Å²) in [5.41, 5.74) is 2.99. The number of amides is 1. The van der Waals surface area contributed by atoms with Crippen molar-refractivity contribution in [3.8, 4) is 5.69 Å². The van der Waals surface area contributed by atoms with E-state index in [-0.39, 0.29) is 11.9 Å². The van der Waals surface area contributed by atoms with Crippen molar-refractivity contribution in [1.29, 1.82) is 0 Å². The Bertz CT molecular complexity index is 1170. The van der Waals surface area contributed by atoms with Gasteiger partial charge in [-0.05, 0) is 25.5 Å². The Morgan fingerprint density at radius 3 is 2.90 bits per heavy atom. The molecule has 0 aliphatic carbocycles. The first kappa shape index (κ1) is 17.4. The number of carbonyl (C=O) groups excluding carboxylic acids is 1. The molecule has 9 heteroatoms. The highest BCUT2D eigenvalue weighted by atomic mass is 16.2. The van der Waals surface area contributed by atoms with Crippen molar-refractivity contribution in [2.45, 2.75) is 19.4 Å². The van der Waals surface area contributed by atoms with Crippen LogP contribution in [-0.2, 0) is 0 Å². The summed E-state index contributed by atoms with van der Waals surface area (Å²) in [7, 11) is 0. The van der Waals surface area contributed by atoms with Crippen LogP contribution in [0.25, 0.3) is 11.3 Å². The van der Waals surface area contributed by atoms with E-state index in [4.69, 9.17) is 0 Å². The van der Waals surface area contributed by atoms with Gasteiger partial charge in [0, 0.05) is 37.2 Å². The van der Waals surface area contributed by atoms with Gasteiger partial charge in [-0.1, -0.05) is 18.2 Å². The molecule has 1 aliphatic rings. The third kappa shape index (κ3) is 3.31. The molecule has 1 aromatic carbocycles. The van der Waals surface area contributed by atoms with Gasteiger partial charge in [-0.2, -0.15) is 0 Å². The first-order chi connectivity index (χ1) is 14.2. The second-order valence-corrected chi connectivity index (χ2v) is 7.17. The molecule has 1 fully saturated rings. The minimum Gasteiger partial charge on any atom is -0.351 e. The molecular weight excluding hydrogens is 368 g/mol. The smallest absolute Gasteiger partial charge is 0.271 e. The Morgan fingerprint density at radius 2 is 2.03 bits per heavy atom. The zero-order chi connectivity index (χ0) is 19.8. The van der Waals surface area contributed by atoms with Gasteiger partial charge in [0.2, 0.25) is 5.65 Å². The number of nitrogens with one attached hydrogen (secondary N) is 1. The number of imidazole rings is 1. The van der Waals surface area contributed by atoms with Crippen molar-refractivity contribution in [3.05, 3.63) is 66.8 Å². The average Bonchev–Trinajstić information content (AvgIpc) is 3.48. The predicted octanol–water partition coefficient (Wildman–Crippen LogP) is 1.63. The molecule has 1 atom stereocenters. The molecule has 0 unspecified atom stereocenters. The lowest BCUT2D eigenvalue weighted by molar-refractivity contribution is 0.0936. The molecule has 0 saturated carbocycles. The van der Waals surface area contributed by atoms with E-state index in [0.29, 0.717) is 12.2 Å². The predicted molar refractivity (Wildman–Crippen MR) is 107 cm³/mol. The molecule has 3 aromatic heterocycles. The van der Waals surface area contributed by atoms with Gasteiger partial charge in [0.05, 0.1) is 5.69 Å². The summed E-state index contributed by atoms with van der Waals surface area (Å²) in [4.78, 5) is 23.7. The van der Waals surface area contributed by atoms with E-state index < -0.39 is 0 Å². The zero-order valence-electron chi connectivity index (χ0n) is 15.9. The Kier molecular flexibility index (Phi) is 4.19. The van der Waals surface area contributed by atoms with Crippen LogP contribution in [0.2, 0.25) is 0 Å². The lowest BCUT2D eigenvalue weighted by Gasteiger charge is -2.18. The normalized spacial score (nSPS) is 16.4. The van der Waals surface area contributed by atoms with Crippen molar-refractivity contribution < 1.29 is 4.79 Å². The van der Waals surface area contributed by atoms with E-state index in [1.165, 1.54) is 0 Å². The fourth-order valence-electron chi connectivity index (χ4n) is 3.67. The number of rotatable bonds is 4. The maximum absolute atomic E-state index is 12.7. The summed E-state index contributed by atoms with van der Waals surface area (Å²) in [6.45, 7) is 3.41. The lowest BCUT2D eigenvalue weighted by Crippen LogP contribution is -2.37. The molecular formula is C20H20N8O. The highest BCUT2D eigenvalue weighted by molar-refractivity contribution is 5.92. The number of para-hydroxylation sites is 1. The molecule has 1 saturated heterocycles. The summed E-state index contributed by atoms with van der Waals surface area (Å²) >= 11 is 0. The van der Waals surface area contributed by atoms with Crippen LogP contribution >= 0.6 is 0 Å². The zero-order valence-corrected chi connectivity index (χ0v) is 15.9. The topological polar surface area (TPSA) is 93.2 Å². The molecule has 0 bridgehead atoms. The molecule has 0 spiro atoms. The molecule has 1 amide bonds. The van der Waals surface area contributed by atoms with E-state index in [9.17, 15) is 4.79 Å². The number of hydrogen-bond donors (Lipinski definition) is 1. The van der Waals surface area contributed by atoms with Crippen LogP contribution < -0.4 is 10.2 Å². The number of nitrogens with zero attached hydrogens (tertiary/aromatic N) is 7. The number of anilines is 1. The largest absolute Gasteiger partial charge is 0.351 e. The van der Waals surface area contributed by atoms with Gasteiger partial charge >= 0.3 is 0 Å². The van der Waals surface area contributed by atoms with Gasteiger partial charge in [0.15, 0.2) is 5.82 Å². The van der Waals surface area contributed by atoms with Crippen LogP contribution in [0.15, 0.2) is 55.4 Å². The molecule has 5 rings (SSSR count). The van der Waals surface area contributed by atoms with Crippen molar-refractivity contribution in [2.75, 3.05) is 18.0 Å². The van der Waals surface area contributed by atoms with E-state index in [1.807, 2.05) is 52.4 Å². The Labute approximate surface area is 167 Å². The first-order valence-corrected chi connectivity index (χ1v) is 9.49. The molecule has 146 valence electrons. The summed E-state index contributed by atoms with van der Waals surface area (Å²) in [6, 6.07) is 9.82. The van der Waals surface area contributed by atoms with Gasteiger partial charge in [-0.25, -0.2) is 9.97 Å². The van der Waals surface area contributed by atoms with E-state index in [0.717, 1.165) is 35.8 Å². The average molecular weight is 388 g/mol. The molecule has 1 aliphatic heterocycles.